The third kappa shape index (κ3) is 2.96. The quantitative estimate of drug-likeness (QED) is 0.770. The van der Waals surface area contributed by atoms with Gasteiger partial charge in [0, 0.05) is 23.8 Å². The first-order valence-corrected chi connectivity index (χ1v) is 6.80. The zero-order chi connectivity index (χ0) is 14.7. The molecular weight excluding hydrogens is 256 g/mol. The molecule has 20 heavy (non-hydrogen) atoms. The zero-order valence-corrected chi connectivity index (χ0v) is 12.0. The van der Waals surface area contributed by atoms with Gasteiger partial charge >= 0.3 is 0 Å². The number of aromatic amines is 1. The van der Waals surface area contributed by atoms with E-state index >= 15 is 0 Å². The van der Waals surface area contributed by atoms with E-state index in [1.54, 1.807) is 6.07 Å². The molecule has 2 rings (SSSR count). The SMILES string of the molecule is CCC(C)C(O)CNC(=O)c1cnc2n[nH]c(C)c2c1. The van der Waals surface area contributed by atoms with Crippen LogP contribution >= 0.6 is 0 Å². The molecule has 2 aromatic rings. The lowest BCUT2D eigenvalue weighted by Gasteiger charge is -2.17. The number of nitrogens with zero attached hydrogens (tertiary/aromatic N) is 2. The van der Waals surface area contributed by atoms with Gasteiger partial charge in [-0.15, -0.1) is 0 Å². The highest BCUT2D eigenvalue weighted by atomic mass is 16.3. The fourth-order valence-corrected chi connectivity index (χ4v) is 1.92. The van der Waals surface area contributed by atoms with E-state index in [-0.39, 0.29) is 18.4 Å². The molecule has 0 saturated carbocycles. The minimum Gasteiger partial charge on any atom is -0.391 e. The van der Waals surface area contributed by atoms with Gasteiger partial charge in [-0.05, 0) is 18.9 Å². The number of aliphatic hydroxyl groups is 1. The first-order chi connectivity index (χ1) is 9.52. The lowest BCUT2D eigenvalue weighted by molar-refractivity contribution is 0.0850. The molecule has 0 aliphatic heterocycles. The summed E-state index contributed by atoms with van der Waals surface area (Å²) in [6, 6.07) is 1.76. The Labute approximate surface area is 117 Å². The maximum absolute atomic E-state index is 12.0. The number of aromatic nitrogens is 3. The molecule has 0 spiro atoms. The normalized spacial score (nSPS) is 14.2. The van der Waals surface area contributed by atoms with Gasteiger partial charge in [0.05, 0.1) is 11.7 Å². The molecule has 0 aliphatic rings. The highest BCUT2D eigenvalue weighted by molar-refractivity contribution is 5.97. The number of fused-ring (bicyclic) bond motifs is 1. The molecule has 0 aromatic carbocycles. The van der Waals surface area contributed by atoms with Crippen LogP contribution in [0.25, 0.3) is 11.0 Å². The van der Waals surface area contributed by atoms with Gasteiger partial charge in [0.15, 0.2) is 5.65 Å². The summed E-state index contributed by atoms with van der Waals surface area (Å²) in [6.07, 6.45) is 1.84. The molecule has 2 heterocycles. The Hall–Kier alpha value is -1.95. The number of hydrogen-bond acceptors (Lipinski definition) is 4. The van der Waals surface area contributed by atoms with E-state index < -0.39 is 6.10 Å². The lowest BCUT2D eigenvalue weighted by Crippen LogP contribution is -2.35. The van der Waals surface area contributed by atoms with E-state index in [9.17, 15) is 9.90 Å². The monoisotopic (exact) mass is 276 g/mol. The van der Waals surface area contributed by atoms with E-state index in [2.05, 4.69) is 20.5 Å². The number of aliphatic hydroxyl groups excluding tert-OH is 1. The molecule has 2 atom stereocenters. The molecule has 2 aromatic heterocycles. The summed E-state index contributed by atoms with van der Waals surface area (Å²) < 4.78 is 0. The number of aryl methyl sites for hydroxylation is 1. The van der Waals surface area contributed by atoms with Crippen LogP contribution in [0.5, 0.6) is 0 Å². The van der Waals surface area contributed by atoms with Gasteiger partial charge in [-0.2, -0.15) is 5.10 Å². The molecule has 0 radical (unpaired) electrons. The standard InChI is InChI=1S/C14H20N4O2/c1-4-8(2)12(19)7-16-14(20)10-5-11-9(3)17-18-13(11)15-6-10/h5-6,8,12,19H,4,7H2,1-3H3,(H,16,20)(H,15,17,18). The fourth-order valence-electron chi connectivity index (χ4n) is 1.92. The molecule has 0 saturated heterocycles. The van der Waals surface area contributed by atoms with Crippen molar-refractivity contribution < 1.29 is 9.90 Å². The Balaban J connectivity index is 2.05. The van der Waals surface area contributed by atoms with Crippen LogP contribution in [0.2, 0.25) is 0 Å². The first-order valence-electron chi connectivity index (χ1n) is 6.80. The van der Waals surface area contributed by atoms with Gasteiger partial charge in [0.2, 0.25) is 0 Å². The van der Waals surface area contributed by atoms with E-state index in [1.165, 1.54) is 6.20 Å². The average molecular weight is 276 g/mol. The number of carbonyl (C=O) groups is 1. The highest BCUT2D eigenvalue weighted by Gasteiger charge is 2.15. The van der Waals surface area contributed by atoms with Gasteiger partial charge in [-0.1, -0.05) is 20.3 Å². The molecule has 6 nitrogen and oxygen atoms in total. The fraction of sp³-hybridized carbons (Fsp3) is 0.500. The highest BCUT2D eigenvalue weighted by Crippen LogP contribution is 2.14. The molecule has 3 N–H and O–H groups in total. The number of carbonyl (C=O) groups excluding carboxylic acids is 1. The van der Waals surface area contributed by atoms with E-state index in [0.717, 1.165) is 17.5 Å². The predicted octanol–water partition coefficient (Wildman–Crippen LogP) is 1.40. The smallest absolute Gasteiger partial charge is 0.252 e. The predicted molar refractivity (Wildman–Crippen MR) is 76.4 cm³/mol. The number of hydrogen-bond donors (Lipinski definition) is 3. The van der Waals surface area contributed by atoms with Crippen molar-refractivity contribution in [3.05, 3.63) is 23.5 Å². The third-order valence-electron chi connectivity index (χ3n) is 3.63. The van der Waals surface area contributed by atoms with Crippen LogP contribution in [0.3, 0.4) is 0 Å². The molecule has 0 aliphatic carbocycles. The number of nitrogens with one attached hydrogen (secondary N) is 2. The largest absolute Gasteiger partial charge is 0.391 e. The lowest BCUT2D eigenvalue weighted by atomic mass is 10.0. The minimum absolute atomic E-state index is 0.159. The summed E-state index contributed by atoms with van der Waals surface area (Å²) in [5.41, 5.74) is 1.94. The van der Waals surface area contributed by atoms with Crippen molar-refractivity contribution in [2.24, 2.45) is 5.92 Å². The molecule has 0 fully saturated rings. The van der Waals surface area contributed by atoms with Gasteiger partial charge in [-0.3, -0.25) is 9.89 Å². The van der Waals surface area contributed by atoms with Crippen LogP contribution in [-0.2, 0) is 0 Å². The van der Waals surface area contributed by atoms with Crippen molar-refractivity contribution in [2.75, 3.05) is 6.54 Å². The van der Waals surface area contributed by atoms with Crippen LogP contribution in [-0.4, -0.2) is 38.8 Å². The van der Waals surface area contributed by atoms with Crippen molar-refractivity contribution >= 4 is 16.9 Å². The molecular formula is C14H20N4O2. The second-order valence-corrected chi connectivity index (χ2v) is 5.11. The maximum Gasteiger partial charge on any atom is 0.252 e. The van der Waals surface area contributed by atoms with Crippen LogP contribution in [0, 0.1) is 12.8 Å². The van der Waals surface area contributed by atoms with Crippen molar-refractivity contribution in [3.63, 3.8) is 0 Å². The Kier molecular flexibility index (Phi) is 4.34. The van der Waals surface area contributed by atoms with Crippen molar-refractivity contribution in [3.8, 4) is 0 Å². The Morgan fingerprint density at radius 1 is 1.55 bits per heavy atom. The van der Waals surface area contributed by atoms with Crippen LogP contribution in [0.15, 0.2) is 12.3 Å². The van der Waals surface area contributed by atoms with Gasteiger partial charge < -0.3 is 10.4 Å². The Morgan fingerprint density at radius 3 is 3.00 bits per heavy atom. The molecule has 1 amide bonds. The van der Waals surface area contributed by atoms with Gasteiger partial charge in [-0.25, -0.2) is 4.98 Å². The molecule has 0 bridgehead atoms. The van der Waals surface area contributed by atoms with Gasteiger partial charge in [0.1, 0.15) is 0 Å². The van der Waals surface area contributed by atoms with Crippen LogP contribution in [0.4, 0.5) is 0 Å². The summed E-state index contributed by atoms with van der Waals surface area (Å²) in [5.74, 6) is -0.0747. The minimum atomic E-state index is -0.531. The molecule has 6 heteroatoms. The third-order valence-corrected chi connectivity index (χ3v) is 3.63. The molecule has 2 unspecified atom stereocenters. The van der Waals surface area contributed by atoms with E-state index in [1.807, 2.05) is 20.8 Å². The van der Waals surface area contributed by atoms with Crippen LogP contribution < -0.4 is 5.32 Å². The topological polar surface area (TPSA) is 90.9 Å². The van der Waals surface area contributed by atoms with E-state index in [4.69, 9.17) is 0 Å². The van der Waals surface area contributed by atoms with Crippen LogP contribution in [0.1, 0.15) is 36.3 Å². The van der Waals surface area contributed by atoms with E-state index in [0.29, 0.717) is 11.2 Å². The number of pyridine rings is 1. The maximum atomic E-state index is 12.0. The molecule has 108 valence electrons. The number of rotatable bonds is 5. The summed E-state index contributed by atoms with van der Waals surface area (Å²) in [5, 5.41) is 20.3. The van der Waals surface area contributed by atoms with Crippen molar-refractivity contribution in [1.82, 2.24) is 20.5 Å². The second kappa shape index (κ2) is 6.00. The summed E-state index contributed by atoms with van der Waals surface area (Å²) >= 11 is 0. The zero-order valence-electron chi connectivity index (χ0n) is 12.0. The second-order valence-electron chi connectivity index (χ2n) is 5.11. The summed E-state index contributed by atoms with van der Waals surface area (Å²) in [7, 11) is 0. The average Bonchev–Trinajstić information content (AvgIpc) is 2.84. The number of amides is 1. The Morgan fingerprint density at radius 2 is 2.30 bits per heavy atom. The van der Waals surface area contributed by atoms with Crippen molar-refractivity contribution in [1.29, 1.82) is 0 Å². The Bertz CT molecular complexity index is 608. The number of H-pyrrole nitrogens is 1. The summed E-state index contributed by atoms with van der Waals surface area (Å²) in [4.78, 5) is 16.2. The summed E-state index contributed by atoms with van der Waals surface area (Å²) in [6.45, 7) is 6.09. The van der Waals surface area contributed by atoms with Gasteiger partial charge in [0.25, 0.3) is 5.91 Å². The van der Waals surface area contributed by atoms with Crippen molar-refractivity contribution in [2.45, 2.75) is 33.3 Å². The first kappa shape index (κ1) is 14.5.